The van der Waals surface area contributed by atoms with Crippen molar-refractivity contribution in [3.8, 4) is 0 Å². The number of hydrogen-bond acceptors (Lipinski definition) is 3. The number of halogens is 1. The molecule has 5 nitrogen and oxygen atoms in total. The number of azide groups is 1. The van der Waals surface area contributed by atoms with Crippen molar-refractivity contribution in [3.63, 3.8) is 0 Å². The van der Waals surface area contributed by atoms with Gasteiger partial charge < -0.3 is 9.47 Å². The van der Waals surface area contributed by atoms with Crippen molar-refractivity contribution in [2.75, 3.05) is 38.9 Å². The van der Waals surface area contributed by atoms with Gasteiger partial charge in [-0.25, -0.2) is 0 Å². The maximum absolute atomic E-state index is 7.90. The van der Waals surface area contributed by atoms with Gasteiger partial charge in [0.25, 0.3) is 0 Å². The molecule has 0 radical (unpaired) electrons. The summed E-state index contributed by atoms with van der Waals surface area (Å²) >= 11 is 5.36. The normalized spacial score (nSPS) is 9.42. The smallest absolute Gasteiger partial charge is 0.0701 e. The molecule has 0 fully saturated rings. The van der Waals surface area contributed by atoms with E-state index in [1.165, 1.54) is 0 Å². The minimum Gasteiger partial charge on any atom is -0.379 e. The lowest BCUT2D eigenvalue weighted by atomic mass is 10.7. The molecule has 0 unspecified atom stereocenters. The number of ether oxygens (including phenoxy) is 2. The van der Waals surface area contributed by atoms with E-state index < -0.39 is 0 Å². The van der Waals surface area contributed by atoms with E-state index >= 15 is 0 Å². The molecule has 6 heteroatoms. The van der Waals surface area contributed by atoms with Crippen LogP contribution in [0.2, 0.25) is 0 Å². The molecule has 0 aliphatic rings. The summed E-state index contributed by atoms with van der Waals surface area (Å²) in [6, 6.07) is 0. The largest absolute Gasteiger partial charge is 0.379 e. The van der Waals surface area contributed by atoms with Gasteiger partial charge in [-0.15, -0.1) is 11.6 Å². The summed E-state index contributed by atoms with van der Waals surface area (Å²) in [5.41, 5.74) is 7.90. The summed E-state index contributed by atoms with van der Waals surface area (Å²) in [6.45, 7) is 2.39. The highest BCUT2D eigenvalue weighted by Crippen LogP contribution is 1.81. The van der Waals surface area contributed by atoms with Crippen molar-refractivity contribution in [2.45, 2.75) is 0 Å². The molecule has 0 saturated carbocycles. The lowest BCUT2D eigenvalue weighted by molar-refractivity contribution is 0.0568. The Labute approximate surface area is 76.2 Å². The second-order valence-electron chi connectivity index (χ2n) is 1.87. The molecule has 0 aliphatic heterocycles. The maximum Gasteiger partial charge on any atom is 0.0701 e. The van der Waals surface area contributed by atoms with Crippen molar-refractivity contribution in [2.24, 2.45) is 5.11 Å². The van der Waals surface area contributed by atoms with Crippen molar-refractivity contribution in [3.05, 3.63) is 10.4 Å². The first kappa shape index (κ1) is 11.5. The van der Waals surface area contributed by atoms with E-state index in [-0.39, 0.29) is 0 Å². The summed E-state index contributed by atoms with van der Waals surface area (Å²) in [5, 5.41) is 3.30. The number of alkyl halides is 1. The lowest BCUT2D eigenvalue weighted by Gasteiger charge is -2.01. The number of rotatable bonds is 8. The fraction of sp³-hybridized carbons (Fsp3) is 1.00. The first-order chi connectivity index (χ1) is 5.91. The second-order valence-corrected chi connectivity index (χ2v) is 2.25. The van der Waals surface area contributed by atoms with Crippen molar-refractivity contribution >= 4 is 11.6 Å². The van der Waals surface area contributed by atoms with Crippen molar-refractivity contribution in [1.29, 1.82) is 0 Å². The predicted molar refractivity (Wildman–Crippen MR) is 46.4 cm³/mol. The Bertz CT molecular complexity index is 139. The van der Waals surface area contributed by atoms with Crippen molar-refractivity contribution in [1.82, 2.24) is 0 Å². The zero-order valence-electron chi connectivity index (χ0n) is 6.78. The standard InChI is InChI=1S/C6H12ClN3O2/c7-1-3-11-5-6-12-4-2-9-10-8/h1-6H2. The van der Waals surface area contributed by atoms with E-state index in [9.17, 15) is 0 Å². The molecule has 0 saturated heterocycles. The summed E-state index contributed by atoms with van der Waals surface area (Å²) in [5.74, 6) is 0.499. The van der Waals surface area contributed by atoms with Gasteiger partial charge in [-0.3, -0.25) is 0 Å². The van der Waals surface area contributed by atoms with Crippen LogP contribution in [0.25, 0.3) is 10.4 Å². The third-order valence-corrected chi connectivity index (χ3v) is 1.15. The van der Waals surface area contributed by atoms with Gasteiger partial charge in [0.2, 0.25) is 0 Å². The molecule has 0 spiro atoms. The molecule has 0 aromatic rings. The van der Waals surface area contributed by atoms with Gasteiger partial charge in [0.15, 0.2) is 0 Å². The third kappa shape index (κ3) is 9.52. The number of hydrogen-bond donors (Lipinski definition) is 0. The van der Waals surface area contributed by atoms with Gasteiger partial charge >= 0.3 is 0 Å². The van der Waals surface area contributed by atoms with Crippen LogP contribution in [0.3, 0.4) is 0 Å². The van der Waals surface area contributed by atoms with Crippen LogP contribution in [0.4, 0.5) is 0 Å². The Morgan fingerprint density at radius 3 is 2.42 bits per heavy atom. The minimum absolute atomic E-state index is 0.367. The highest BCUT2D eigenvalue weighted by molar-refractivity contribution is 6.17. The van der Waals surface area contributed by atoms with Crippen LogP contribution in [-0.4, -0.2) is 38.9 Å². The second kappa shape index (κ2) is 10.5. The van der Waals surface area contributed by atoms with Gasteiger partial charge in [-0.2, -0.15) is 0 Å². The Hall–Kier alpha value is -0.480. The van der Waals surface area contributed by atoms with Crippen molar-refractivity contribution < 1.29 is 9.47 Å². The molecule has 0 aromatic heterocycles. The molecule has 0 rings (SSSR count). The van der Waals surface area contributed by atoms with Crippen LogP contribution in [0.5, 0.6) is 0 Å². The Kier molecular flexibility index (Phi) is 10.1. The van der Waals surface area contributed by atoms with E-state index in [0.717, 1.165) is 0 Å². The maximum atomic E-state index is 7.90. The van der Waals surface area contributed by atoms with Gasteiger partial charge in [0.1, 0.15) is 0 Å². The average Bonchev–Trinajstić information content (AvgIpc) is 2.10. The fourth-order valence-corrected chi connectivity index (χ4v) is 0.636. The lowest BCUT2D eigenvalue weighted by Crippen LogP contribution is -2.07. The summed E-state index contributed by atoms with van der Waals surface area (Å²) in [6.07, 6.45) is 0. The summed E-state index contributed by atoms with van der Waals surface area (Å²) in [7, 11) is 0. The topological polar surface area (TPSA) is 67.2 Å². The van der Waals surface area contributed by atoms with Crippen LogP contribution in [0.15, 0.2) is 5.11 Å². The van der Waals surface area contributed by atoms with Crippen LogP contribution in [-0.2, 0) is 9.47 Å². The fourth-order valence-electron chi connectivity index (χ4n) is 0.527. The molecule has 0 amide bonds. The molecule has 0 heterocycles. The summed E-state index contributed by atoms with van der Waals surface area (Å²) in [4.78, 5) is 2.58. The number of nitrogens with zero attached hydrogens (tertiary/aromatic N) is 3. The summed E-state index contributed by atoms with van der Waals surface area (Å²) < 4.78 is 10.1. The van der Waals surface area contributed by atoms with E-state index in [1.807, 2.05) is 0 Å². The molecule has 0 aliphatic carbocycles. The van der Waals surface area contributed by atoms with Gasteiger partial charge in [-0.05, 0) is 5.53 Å². The molecular formula is C6H12ClN3O2. The Morgan fingerprint density at radius 1 is 1.17 bits per heavy atom. The first-order valence-corrected chi connectivity index (χ1v) is 4.17. The van der Waals surface area contributed by atoms with Crippen LogP contribution >= 0.6 is 11.6 Å². The average molecular weight is 194 g/mol. The predicted octanol–water partition coefficient (Wildman–Crippen LogP) is 1.57. The molecule has 70 valence electrons. The first-order valence-electron chi connectivity index (χ1n) is 3.64. The molecule has 12 heavy (non-hydrogen) atoms. The van der Waals surface area contributed by atoms with Crippen LogP contribution in [0, 0.1) is 0 Å². The van der Waals surface area contributed by atoms with Gasteiger partial charge in [0.05, 0.1) is 26.4 Å². The van der Waals surface area contributed by atoms with Gasteiger partial charge in [-0.1, -0.05) is 5.11 Å². The quantitative estimate of drug-likeness (QED) is 0.193. The molecule has 0 bridgehead atoms. The Morgan fingerprint density at radius 2 is 1.83 bits per heavy atom. The zero-order valence-corrected chi connectivity index (χ0v) is 7.53. The van der Waals surface area contributed by atoms with Crippen LogP contribution in [0.1, 0.15) is 0 Å². The monoisotopic (exact) mass is 193 g/mol. The minimum atomic E-state index is 0.367. The van der Waals surface area contributed by atoms with Crippen LogP contribution < -0.4 is 0 Å². The van der Waals surface area contributed by atoms with E-state index in [0.29, 0.717) is 38.9 Å². The highest BCUT2D eigenvalue weighted by Gasteiger charge is 1.87. The molecular weight excluding hydrogens is 182 g/mol. The third-order valence-electron chi connectivity index (χ3n) is 0.992. The zero-order chi connectivity index (χ0) is 9.07. The highest BCUT2D eigenvalue weighted by atomic mass is 35.5. The molecule has 0 atom stereocenters. The van der Waals surface area contributed by atoms with Gasteiger partial charge in [0, 0.05) is 17.3 Å². The Balaban J connectivity index is 2.86. The van der Waals surface area contributed by atoms with E-state index in [2.05, 4.69) is 10.0 Å². The SMILES string of the molecule is [N-]=[N+]=NCCOCCOCCCl. The molecule has 0 N–H and O–H groups in total. The van der Waals surface area contributed by atoms with E-state index in [1.54, 1.807) is 0 Å². The van der Waals surface area contributed by atoms with E-state index in [4.69, 9.17) is 26.6 Å². The molecule has 0 aromatic carbocycles.